The van der Waals surface area contributed by atoms with Crippen LogP contribution < -0.4 is 5.32 Å². The van der Waals surface area contributed by atoms with Crippen LogP contribution in [0.25, 0.3) is 0 Å². The minimum atomic E-state index is -0.678. The number of hydrogen-bond acceptors (Lipinski definition) is 3. The van der Waals surface area contributed by atoms with Crippen LogP contribution in [0.4, 0.5) is 0 Å². The summed E-state index contributed by atoms with van der Waals surface area (Å²) >= 11 is 0. The summed E-state index contributed by atoms with van der Waals surface area (Å²) in [6, 6.07) is 0. The summed E-state index contributed by atoms with van der Waals surface area (Å²) in [5.74, 6) is -0.231. The van der Waals surface area contributed by atoms with Crippen LogP contribution >= 0.6 is 0 Å². The minimum absolute atomic E-state index is 0.231. The lowest BCUT2D eigenvalue weighted by Crippen LogP contribution is -2.29. The molecule has 1 heterocycles. The molecule has 0 bridgehead atoms. The lowest BCUT2D eigenvalue weighted by molar-refractivity contribution is -0.130. The Bertz CT molecular complexity index is 125. The van der Waals surface area contributed by atoms with Crippen molar-refractivity contribution in [1.29, 1.82) is 0 Å². The number of rotatable bonds is 1. The summed E-state index contributed by atoms with van der Waals surface area (Å²) in [5.41, 5.74) is 0. The molecule has 1 saturated heterocycles. The van der Waals surface area contributed by atoms with Gasteiger partial charge in [0, 0.05) is 13.7 Å². The highest BCUT2D eigenvalue weighted by molar-refractivity contribution is 5.83. The second kappa shape index (κ2) is 2.33. The molecule has 4 heteroatoms. The van der Waals surface area contributed by atoms with Crippen LogP contribution in [0.5, 0.6) is 0 Å². The SMILES string of the molecule is CO[C@H]1C(=O)NC[C@H]1O. The average molecular weight is 131 g/mol. The third-order valence-electron chi connectivity index (χ3n) is 1.35. The van der Waals surface area contributed by atoms with Gasteiger partial charge in [-0.25, -0.2) is 0 Å². The van der Waals surface area contributed by atoms with Gasteiger partial charge in [-0.1, -0.05) is 0 Å². The molecule has 4 nitrogen and oxygen atoms in total. The minimum Gasteiger partial charge on any atom is -0.388 e. The molecule has 0 saturated carbocycles. The largest absolute Gasteiger partial charge is 0.388 e. The molecule has 1 rings (SSSR count). The van der Waals surface area contributed by atoms with Gasteiger partial charge >= 0.3 is 0 Å². The maximum atomic E-state index is 10.6. The van der Waals surface area contributed by atoms with Gasteiger partial charge < -0.3 is 15.2 Å². The first-order chi connectivity index (χ1) is 4.25. The molecule has 0 aromatic heterocycles. The van der Waals surface area contributed by atoms with Gasteiger partial charge in [0.2, 0.25) is 0 Å². The van der Waals surface area contributed by atoms with Crippen LogP contribution in [0, 0.1) is 0 Å². The molecular formula is C5H9NO3. The molecule has 52 valence electrons. The van der Waals surface area contributed by atoms with Gasteiger partial charge in [0.1, 0.15) is 6.10 Å². The number of carbonyl (C=O) groups is 1. The fraction of sp³-hybridized carbons (Fsp3) is 0.800. The van der Waals surface area contributed by atoms with Crippen LogP contribution in [-0.2, 0) is 9.53 Å². The summed E-state index contributed by atoms with van der Waals surface area (Å²) in [4.78, 5) is 10.6. The smallest absolute Gasteiger partial charge is 0.251 e. The Morgan fingerprint density at radius 2 is 2.56 bits per heavy atom. The fourth-order valence-corrected chi connectivity index (χ4v) is 0.852. The maximum absolute atomic E-state index is 10.6. The highest BCUT2D eigenvalue weighted by Crippen LogP contribution is 2.03. The van der Waals surface area contributed by atoms with Gasteiger partial charge in [-0.15, -0.1) is 0 Å². The van der Waals surface area contributed by atoms with E-state index in [4.69, 9.17) is 5.11 Å². The molecule has 0 aliphatic carbocycles. The normalized spacial score (nSPS) is 34.7. The van der Waals surface area contributed by atoms with E-state index in [0.29, 0.717) is 6.54 Å². The van der Waals surface area contributed by atoms with E-state index in [1.807, 2.05) is 0 Å². The van der Waals surface area contributed by atoms with E-state index in [1.165, 1.54) is 7.11 Å². The van der Waals surface area contributed by atoms with Crippen molar-refractivity contribution < 1.29 is 14.6 Å². The van der Waals surface area contributed by atoms with Gasteiger partial charge in [-0.3, -0.25) is 4.79 Å². The average Bonchev–Trinajstić information content (AvgIpc) is 2.12. The first-order valence-corrected chi connectivity index (χ1v) is 2.74. The van der Waals surface area contributed by atoms with E-state index in [-0.39, 0.29) is 5.91 Å². The van der Waals surface area contributed by atoms with Crippen molar-refractivity contribution in [1.82, 2.24) is 5.32 Å². The quantitative estimate of drug-likeness (QED) is 0.455. The van der Waals surface area contributed by atoms with E-state index in [0.717, 1.165) is 0 Å². The first kappa shape index (κ1) is 6.51. The van der Waals surface area contributed by atoms with Crippen molar-refractivity contribution in [2.75, 3.05) is 13.7 Å². The lowest BCUT2D eigenvalue weighted by atomic mass is 10.2. The van der Waals surface area contributed by atoms with E-state index >= 15 is 0 Å². The van der Waals surface area contributed by atoms with Crippen LogP contribution in [0.3, 0.4) is 0 Å². The second-order valence-corrected chi connectivity index (χ2v) is 1.97. The Morgan fingerprint density at radius 3 is 2.78 bits per heavy atom. The predicted molar refractivity (Wildman–Crippen MR) is 29.8 cm³/mol. The molecule has 9 heavy (non-hydrogen) atoms. The standard InChI is InChI=1S/C5H9NO3/c1-9-4-3(7)2-6-5(4)8/h3-4,7H,2H2,1H3,(H,6,8)/t3-,4-/m1/s1. The zero-order valence-corrected chi connectivity index (χ0v) is 5.13. The highest BCUT2D eigenvalue weighted by Gasteiger charge is 2.32. The topological polar surface area (TPSA) is 58.6 Å². The van der Waals surface area contributed by atoms with E-state index in [2.05, 4.69) is 10.1 Å². The molecular weight excluding hydrogens is 122 g/mol. The van der Waals surface area contributed by atoms with Gasteiger partial charge in [0.05, 0.1) is 0 Å². The number of aliphatic hydroxyl groups excluding tert-OH is 1. The third kappa shape index (κ3) is 1.04. The van der Waals surface area contributed by atoms with Crippen molar-refractivity contribution in [2.24, 2.45) is 0 Å². The highest BCUT2D eigenvalue weighted by atomic mass is 16.5. The summed E-state index contributed by atoms with van der Waals surface area (Å²) in [7, 11) is 1.40. The number of amides is 1. The number of nitrogens with one attached hydrogen (secondary N) is 1. The Kier molecular flexibility index (Phi) is 1.68. The van der Waals surface area contributed by atoms with Crippen molar-refractivity contribution in [3.63, 3.8) is 0 Å². The Labute approximate surface area is 52.8 Å². The fourth-order valence-electron chi connectivity index (χ4n) is 0.852. The van der Waals surface area contributed by atoms with Crippen molar-refractivity contribution >= 4 is 5.91 Å². The van der Waals surface area contributed by atoms with E-state index in [9.17, 15) is 4.79 Å². The van der Waals surface area contributed by atoms with Crippen molar-refractivity contribution in [2.45, 2.75) is 12.2 Å². The van der Waals surface area contributed by atoms with Crippen molar-refractivity contribution in [3.8, 4) is 0 Å². The lowest BCUT2D eigenvalue weighted by Gasteiger charge is -2.06. The Balaban J connectivity index is 2.55. The number of carbonyl (C=O) groups excluding carboxylic acids is 1. The molecule has 0 aromatic carbocycles. The molecule has 0 radical (unpaired) electrons. The number of methoxy groups -OCH3 is 1. The summed E-state index contributed by atoms with van der Waals surface area (Å²) < 4.78 is 4.67. The van der Waals surface area contributed by atoms with Crippen LogP contribution in [-0.4, -0.2) is 36.9 Å². The van der Waals surface area contributed by atoms with E-state index < -0.39 is 12.2 Å². The molecule has 0 unspecified atom stereocenters. The summed E-state index contributed by atoms with van der Waals surface area (Å²) in [6.45, 7) is 0.303. The van der Waals surface area contributed by atoms with Gasteiger partial charge in [-0.05, 0) is 0 Å². The molecule has 0 spiro atoms. The molecule has 1 aliphatic heterocycles. The number of aliphatic hydroxyl groups is 1. The van der Waals surface area contributed by atoms with Crippen LogP contribution in [0.2, 0.25) is 0 Å². The second-order valence-electron chi connectivity index (χ2n) is 1.97. The Hall–Kier alpha value is -0.610. The molecule has 1 aliphatic rings. The van der Waals surface area contributed by atoms with Crippen molar-refractivity contribution in [3.05, 3.63) is 0 Å². The van der Waals surface area contributed by atoms with Gasteiger partial charge in [0.15, 0.2) is 6.10 Å². The molecule has 2 atom stereocenters. The van der Waals surface area contributed by atoms with E-state index in [1.54, 1.807) is 0 Å². The number of ether oxygens (including phenoxy) is 1. The third-order valence-corrected chi connectivity index (χ3v) is 1.35. The van der Waals surface area contributed by atoms with Crippen LogP contribution in [0.15, 0.2) is 0 Å². The zero-order chi connectivity index (χ0) is 6.85. The molecule has 2 N–H and O–H groups in total. The maximum Gasteiger partial charge on any atom is 0.251 e. The summed E-state index contributed by atoms with van der Waals surface area (Å²) in [5, 5.41) is 11.4. The predicted octanol–water partition coefficient (Wildman–Crippen LogP) is -1.51. The molecule has 1 fully saturated rings. The number of hydrogen-bond donors (Lipinski definition) is 2. The Morgan fingerprint density at radius 1 is 1.89 bits per heavy atom. The van der Waals surface area contributed by atoms with Gasteiger partial charge in [-0.2, -0.15) is 0 Å². The molecule has 0 aromatic rings. The number of β-amino-alcohol motifs (C(OH)–C–C–N with tert-alkyl or cyclic N) is 1. The van der Waals surface area contributed by atoms with Crippen LogP contribution in [0.1, 0.15) is 0 Å². The molecule has 1 amide bonds. The summed E-state index contributed by atoms with van der Waals surface area (Å²) in [6.07, 6.45) is -1.34. The first-order valence-electron chi connectivity index (χ1n) is 2.74. The van der Waals surface area contributed by atoms with Gasteiger partial charge in [0.25, 0.3) is 5.91 Å². The zero-order valence-electron chi connectivity index (χ0n) is 5.13. The monoisotopic (exact) mass is 131 g/mol.